The van der Waals surface area contributed by atoms with Crippen LogP contribution in [0, 0.1) is 5.82 Å². The van der Waals surface area contributed by atoms with Crippen LogP contribution in [0.25, 0.3) is 11.3 Å². The summed E-state index contributed by atoms with van der Waals surface area (Å²) in [6.45, 7) is 0. The van der Waals surface area contributed by atoms with Crippen LogP contribution in [-0.2, 0) is 0 Å². The van der Waals surface area contributed by atoms with Crippen LogP contribution in [0.4, 0.5) is 10.2 Å². The highest BCUT2D eigenvalue weighted by molar-refractivity contribution is 5.69. The predicted molar refractivity (Wildman–Crippen MR) is 54.9 cm³/mol. The van der Waals surface area contributed by atoms with Crippen molar-refractivity contribution in [1.29, 1.82) is 0 Å². The summed E-state index contributed by atoms with van der Waals surface area (Å²) >= 11 is 0. The molecule has 4 nitrogen and oxygen atoms in total. The Labute approximate surface area is 85.9 Å². The van der Waals surface area contributed by atoms with Crippen LogP contribution < -0.4 is 10.5 Å². The molecule has 5 heteroatoms. The fourth-order valence-electron chi connectivity index (χ4n) is 1.37. The van der Waals surface area contributed by atoms with Gasteiger partial charge in [0.25, 0.3) is 0 Å². The summed E-state index contributed by atoms with van der Waals surface area (Å²) in [5.41, 5.74) is 6.15. The van der Waals surface area contributed by atoms with Gasteiger partial charge in [0.2, 0.25) is 0 Å². The first-order valence-electron chi connectivity index (χ1n) is 4.36. The first kappa shape index (κ1) is 9.51. The van der Waals surface area contributed by atoms with Gasteiger partial charge in [-0.05, 0) is 12.1 Å². The molecule has 0 spiro atoms. The van der Waals surface area contributed by atoms with Crippen LogP contribution in [0.5, 0.6) is 5.75 Å². The Morgan fingerprint density at radius 2 is 2.13 bits per heavy atom. The Kier molecular flexibility index (Phi) is 2.29. The summed E-state index contributed by atoms with van der Waals surface area (Å²) in [5, 5.41) is 6.12. The molecular weight excluding hydrogens is 197 g/mol. The van der Waals surface area contributed by atoms with E-state index in [2.05, 4.69) is 10.2 Å². The van der Waals surface area contributed by atoms with E-state index in [0.717, 1.165) is 0 Å². The van der Waals surface area contributed by atoms with Crippen molar-refractivity contribution in [2.75, 3.05) is 12.8 Å². The maximum atomic E-state index is 13.5. The number of aromatic nitrogens is 2. The zero-order valence-corrected chi connectivity index (χ0v) is 8.12. The average molecular weight is 207 g/mol. The normalized spacial score (nSPS) is 10.3. The van der Waals surface area contributed by atoms with Gasteiger partial charge in [0.05, 0.1) is 7.11 Å². The van der Waals surface area contributed by atoms with Gasteiger partial charge in [0, 0.05) is 5.56 Å². The van der Waals surface area contributed by atoms with E-state index in [1.165, 1.54) is 7.11 Å². The number of nitrogens with one attached hydrogen (secondary N) is 1. The molecule has 0 aliphatic carbocycles. The topological polar surface area (TPSA) is 63.9 Å². The van der Waals surface area contributed by atoms with Crippen LogP contribution >= 0.6 is 0 Å². The van der Waals surface area contributed by atoms with E-state index in [1.807, 2.05) is 0 Å². The van der Waals surface area contributed by atoms with Crippen LogP contribution in [0.3, 0.4) is 0 Å². The molecule has 0 aliphatic heterocycles. The number of para-hydroxylation sites is 1. The SMILES string of the molecule is COc1ccccc1-c1[nH]nc(N)c1F. The lowest BCUT2D eigenvalue weighted by molar-refractivity contribution is 0.416. The number of nitrogens with zero attached hydrogens (tertiary/aromatic N) is 1. The van der Waals surface area contributed by atoms with Crippen molar-refractivity contribution in [3.8, 4) is 17.0 Å². The van der Waals surface area contributed by atoms with Gasteiger partial charge < -0.3 is 10.5 Å². The molecular formula is C10H10FN3O. The fourth-order valence-corrected chi connectivity index (χ4v) is 1.37. The summed E-state index contributed by atoms with van der Waals surface area (Å²) in [6.07, 6.45) is 0. The molecule has 0 amide bonds. The van der Waals surface area contributed by atoms with E-state index < -0.39 is 5.82 Å². The van der Waals surface area contributed by atoms with Crippen molar-refractivity contribution in [3.05, 3.63) is 30.1 Å². The van der Waals surface area contributed by atoms with E-state index in [9.17, 15) is 4.39 Å². The van der Waals surface area contributed by atoms with Gasteiger partial charge in [-0.3, -0.25) is 5.10 Å². The molecule has 2 rings (SSSR count). The summed E-state index contributed by atoms with van der Waals surface area (Å²) in [5.74, 6) is -0.129. The first-order chi connectivity index (χ1) is 7.24. The van der Waals surface area contributed by atoms with E-state index in [1.54, 1.807) is 24.3 Å². The third-order valence-electron chi connectivity index (χ3n) is 2.11. The number of halogens is 1. The molecule has 0 aliphatic rings. The maximum absolute atomic E-state index is 13.5. The lowest BCUT2D eigenvalue weighted by Crippen LogP contribution is -1.90. The molecule has 1 heterocycles. The van der Waals surface area contributed by atoms with Gasteiger partial charge in [-0.2, -0.15) is 5.10 Å². The van der Waals surface area contributed by atoms with Crippen molar-refractivity contribution in [1.82, 2.24) is 10.2 Å². The number of hydrogen-bond donors (Lipinski definition) is 2. The minimum Gasteiger partial charge on any atom is -0.496 e. The molecule has 0 saturated carbocycles. The van der Waals surface area contributed by atoms with Gasteiger partial charge in [0.1, 0.15) is 11.4 Å². The molecule has 0 fully saturated rings. The zero-order valence-electron chi connectivity index (χ0n) is 8.12. The molecule has 0 atom stereocenters. The van der Waals surface area contributed by atoms with E-state index in [4.69, 9.17) is 10.5 Å². The summed E-state index contributed by atoms with van der Waals surface area (Å²) in [4.78, 5) is 0. The maximum Gasteiger partial charge on any atom is 0.192 e. The third-order valence-corrected chi connectivity index (χ3v) is 2.11. The molecule has 0 radical (unpaired) electrons. The number of anilines is 1. The number of nitrogen functional groups attached to an aromatic ring is 1. The third kappa shape index (κ3) is 1.52. The van der Waals surface area contributed by atoms with Crippen molar-refractivity contribution in [2.24, 2.45) is 0 Å². The minimum absolute atomic E-state index is 0.143. The van der Waals surface area contributed by atoms with Crippen molar-refractivity contribution in [2.45, 2.75) is 0 Å². The van der Waals surface area contributed by atoms with E-state index >= 15 is 0 Å². The molecule has 0 saturated heterocycles. The molecule has 2 aromatic rings. The molecule has 15 heavy (non-hydrogen) atoms. The number of nitrogens with two attached hydrogens (primary N) is 1. The number of benzene rings is 1. The van der Waals surface area contributed by atoms with Crippen molar-refractivity contribution in [3.63, 3.8) is 0 Å². The minimum atomic E-state index is -0.556. The lowest BCUT2D eigenvalue weighted by Gasteiger charge is -2.05. The Bertz CT molecular complexity index is 481. The molecule has 1 aromatic heterocycles. The number of rotatable bonds is 2. The average Bonchev–Trinajstić information content (AvgIpc) is 2.60. The highest BCUT2D eigenvalue weighted by Gasteiger charge is 2.15. The Morgan fingerprint density at radius 1 is 1.40 bits per heavy atom. The highest BCUT2D eigenvalue weighted by Crippen LogP contribution is 2.31. The molecule has 1 aromatic carbocycles. The van der Waals surface area contributed by atoms with Crippen LogP contribution in [0.2, 0.25) is 0 Å². The second-order valence-corrected chi connectivity index (χ2v) is 3.00. The van der Waals surface area contributed by atoms with E-state index in [-0.39, 0.29) is 11.5 Å². The second kappa shape index (κ2) is 3.61. The highest BCUT2D eigenvalue weighted by atomic mass is 19.1. The van der Waals surface area contributed by atoms with Gasteiger partial charge >= 0.3 is 0 Å². The molecule has 78 valence electrons. The number of H-pyrrole nitrogens is 1. The summed E-state index contributed by atoms with van der Waals surface area (Å²) in [6, 6.07) is 7.06. The number of ether oxygens (including phenoxy) is 1. The first-order valence-corrected chi connectivity index (χ1v) is 4.36. The molecule has 3 N–H and O–H groups in total. The lowest BCUT2D eigenvalue weighted by atomic mass is 10.1. The Morgan fingerprint density at radius 3 is 2.73 bits per heavy atom. The second-order valence-electron chi connectivity index (χ2n) is 3.00. The monoisotopic (exact) mass is 207 g/mol. The number of methoxy groups -OCH3 is 1. The Balaban J connectivity index is 2.58. The predicted octanol–water partition coefficient (Wildman–Crippen LogP) is 1.81. The molecule has 0 unspecified atom stereocenters. The van der Waals surface area contributed by atoms with Crippen LogP contribution in [0.15, 0.2) is 24.3 Å². The largest absolute Gasteiger partial charge is 0.496 e. The zero-order chi connectivity index (χ0) is 10.8. The Hall–Kier alpha value is -2.04. The van der Waals surface area contributed by atoms with Crippen molar-refractivity contribution < 1.29 is 9.13 Å². The van der Waals surface area contributed by atoms with Gasteiger partial charge in [-0.15, -0.1) is 0 Å². The van der Waals surface area contributed by atoms with Gasteiger partial charge in [-0.1, -0.05) is 12.1 Å². The van der Waals surface area contributed by atoms with Crippen molar-refractivity contribution >= 4 is 5.82 Å². The quantitative estimate of drug-likeness (QED) is 0.789. The van der Waals surface area contributed by atoms with Crippen LogP contribution in [-0.4, -0.2) is 17.3 Å². The summed E-state index contributed by atoms with van der Waals surface area (Å²) < 4.78 is 18.6. The van der Waals surface area contributed by atoms with Gasteiger partial charge in [0.15, 0.2) is 11.6 Å². The molecule has 0 bridgehead atoms. The standard InChI is InChI=1S/C10H10FN3O/c1-15-7-5-3-2-4-6(7)9-8(11)10(12)14-13-9/h2-5H,1H3,(H3,12,13,14). The number of aromatic amines is 1. The number of hydrogen-bond acceptors (Lipinski definition) is 3. The summed E-state index contributed by atoms with van der Waals surface area (Å²) in [7, 11) is 1.52. The van der Waals surface area contributed by atoms with E-state index in [0.29, 0.717) is 11.3 Å². The van der Waals surface area contributed by atoms with Crippen LogP contribution in [0.1, 0.15) is 0 Å². The smallest absolute Gasteiger partial charge is 0.192 e. The van der Waals surface area contributed by atoms with Gasteiger partial charge in [-0.25, -0.2) is 4.39 Å². The fraction of sp³-hybridized carbons (Fsp3) is 0.100.